The predicted octanol–water partition coefficient (Wildman–Crippen LogP) is 1.44. The van der Waals surface area contributed by atoms with Crippen LogP contribution in [0.4, 0.5) is 0 Å². The summed E-state index contributed by atoms with van der Waals surface area (Å²) >= 11 is 0. The van der Waals surface area contributed by atoms with Crippen LogP contribution in [0, 0.1) is 11.8 Å². The van der Waals surface area contributed by atoms with E-state index in [9.17, 15) is 8.42 Å². The van der Waals surface area contributed by atoms with E-state index in [1.165, 1.54) is 0 Å². The molecule has 0 bridgehead atoms. The maximum atomic E-state index is 12.1. The molecule has 1 N–H and O–H groups in total. The van der Waals surface area contributed by atoms with Crippen LogP contribution in [0.25, 0.3) is 0 Å². The van der Waals surface area contributed by atoms with Gasteiger partial charge in [-0.15, -0.1) is 0 Å². The van der Waals surface area contributed by atoms with E-state index in [4.69, 9.17) is 0 Å². The van der Waals surface area contributed by atoms with Gasteiger partial charge in [-0.2, -0.15) is 0 Å². The quantitative estimate of drug-likeness (QED) is 0.799. The van der Waals surface area contributed by atoms with Crippen LogP contribution < -0.4 is 5.32 Å². The molecule has 1 fully saturated rings. The van der Waals surface area contributed by atoms with Crippen molar-refractivity contribution in [2.75, 3.05) is 12.8 Å². The molecule has 1 saturated carbocycles. The third-order valence-corrected chi connectivity index (χ3v) is 6.10. The second kappa shape index (κ2) is 4.83. The van der Waals surface area contributed by atoms with Gasteiger partial charge in [0.2, 0.25) is 0 Å². The molecule has 0 aromatic rings. The largest absolute Gasteiger partial charge is 0.317 e. The van der Waals surface area contributed by atoms with Gasteiger partial charge in [0, 0.05) is 6.04 Å². The summed E-state index contributed by atoms with van der Waals surface area (Å²) < 4.78 is 24.2. The van der Waals surface area contributed by atoms with Gasteiger partial charge in [-0.05, 0) is 31.7 Å². The lowest BCUT2D eigenvalue weighted by Gasteiger charge is -2.21. The van der Waals surface area contributed by atoms with Crippen LogP contribution >= 0.6 is 0 Å². The molecule has 0 spiro atoms. The van der Waals surface area contributed by atoms with Crippen molar-refractivity contribution in [2.45, 2.75) is 44.9 Å². The number of hydrogen-bond donors (Lipinski definition) is 1. The number of rotatable bonds is 4. The summed E-state index contributed by atoms with van der Waals surface area (Å²) in [6, 6.07) is 0.372. The van der Waals surface area contributed by atoms with Gasteiger partial charge in [-0.1, -0.05) is 20.8 Å². The average molecular weight is 233 g/mol. The highest BCUT2D eigenvalue weighted by atomic mass is 32.2. The molecule has 1 aliphatic carbocycles. The highest BCUT2D eigenvalue weighted by Gasteiger charge is 2.39. The minimum absolute atomic E-state index is 0.127. The van der Waals surface area contributed by atoms with Crippen molar-refractivity contribution in [3.63, 3.8) is 0 Å². The molecule has 3 atom stereocenters. The zero-order valence-electron chi connectivity index (χ0n) is 10.2. The Morgan fingerprint density at radius 1 is 1.33 bits per heavy atom. The minimum Gasteiger partial charge on any atom is -0.317 e. The van der Waals surface area contributed by atoms with E-state index in [1.807, 2.05) is 20.9 Å². The molecule has 4 heteroatoms. The van der Waals surface area contributed by atoms with Crippen LogP contribution in [-0.4, -0.2) is 32.5 Å². The monoisotopic (exact) mass is 233 g/mol. The van der Waals surface area contributed by atoms with Gasteiger partial charge >= 0.3 is 0 Å². The molecule has 0 radical (unpaired) electrons. The van der Waals surface area contributed by atoms with Crippen LogP contribution in [0.5, 0.6) is 0 Å². The lowest BCUT2D eigenvalue weighted by Crippen LogP contribution is -2.35. The zero-order valence-corrected chi connectivity index (χ0v) is 11.0. The van der Waals surface area contributed by atoms with Crippen LogP contribution in [0.1, 0.15) is 33.6 Å². The lowest BCUT2D eigenvalue weighted by molar-refractivity contribution is 0.452. The SMILES string of the molecule is CNC1CCC(S(=O)(=O)CC(C)C)C1C. The molecule has 3 unspecified atom stereocenters. The first-order valence-corrected chi connectivity index (χ1v) is 7.49. The van der Waals surface area contributed by atoms with Gasteiger partial charge in [0.15, 0.2) is 9.84 Å². The van der Waals surface area contributed by atoms with Crippen molar-refractivity contribution < 1.29 is 8.42 Å². The third-order valence-electron chi connectivity index (χ3n) is 3.38. The standard InChI is InChI=1S/C11H23NO2S/c1-8(2)7-15(13,14)11-6-5-10(12-4)9(11)3/h8-12H,5-7H2,1-4H3. The van der Waals surface area contributed by atoms with Crippen molar-refractivity contribution >= 4 is 9.84 Å². The summed E-state index contributed by atoms with van der Waals surface area (Å²) in [5, 5.41) is 3.08. The van der Waals surface area contributed by atoms with E-state index in [2.05, 4.69) is 12.2 Å². The fourth-order valence-corrected chi connectivity index (χ4v) is 5.15. The molecule has 0 amide bonds. The molecule has 0 aliphatic heterocycles. The van der Waals surface area contributed by atoms with Gasteiger partial charge in [0.1, 0.15) is 0 Å². The van der Waals surface area contributed by atoms with Crippen molar-refractivity contribution in [1.29, 1.82) is 0 Å². The Labute approximate surface area is 93.6 Å². The molecule has 0 aromatic carbocycles. The Hall–Kier alpha value is -0.0900. The summed E-state index contributed by atoms with van der Waals surface area (Å²) in [7, 11) is -0.976. The maximum Gasteiger partial charge on any atom is 0.153 e. The minimum atomic E-state index is -2.89. The van der Waals surface area contributed by atoms with Crippen molar-refractivity contribution in [1.82, 2.24) is 5.32 Å². The van der Waals surface area contributed by atoms with Crippen molar-refractivity contribution in [3.05, 3.63) is 0 Å². The van der Waals surface area contributed by atoms with E-state index >= 15 is 0 Å². The van der Waals surface area contributed by atoms with Gasteiger partial charge in [0.25, 0.3) is 0 Å². The normalized spacial score (nSPS) is 32.5. The summed E-state index contributed by atoms with van der Waals surface area (Å²) in [6.45, 7) is 5.98. The lowest BCUT2D eigenvalue weighted by atomic mass is 10.1. The van der Waals surface area contributed by atoms with E-state index in [0.717, 1.165) is 12.8 Å². The summed E-state index contributed by atoms with van der Waals surface area (Å²) in [5.41, 5.74) is 0. The number of sulfone groups is 1. The number of hydrogen-bond acceptors (Lipinski definition) is 3. The molecule has 1 rings (SSSR count). The van der Waals surface area contributed by atoms with E-state index in [-0.39, 0.29) is 17.1 Å². The van der Waals surface area contributed by atoms with Crippen LogP contribution in [-0.2, 0) is 9.84 Å². The fourth-order valence-electron chi connectivity index (χ4n) is 2.63. The highest BCUT2D eigenvalue weighted by molar-refractivity contribution is 7.92. The Kier molecular flexibility index (Phi) is 4.18. The van der Waals surface area contributed by atoms with Crippen molar-refractivity contribution in [2.24, 2.45) is 11.8 Å². The second-order valence-electron chi connectivity index (χ2n) is 5.09. The highest BCUT2D eigenvalue weighted by Crippen LogP contribution is 2.32. The number of nitrogens with one attached hydrogen (secondary N) is 1. The molecule has 15 heavy (non-hydrogen) atoms. The summed E-state index contributed by atoms with van der Waals surface area (Å²) in [5.74, 6) is 0.813. The molecule has 90 valence electrons. The molecular weight excluding hydrogens is 210 g/mol. The molecule has 0 aromatic heterocycles. The van der Waals surface area contributed by atoms with Gasteiger partial charge in [-0.3, -0.25) is 0 Å². The molecule has 1 aliphatic rings. The van der Waals surface area contributed by atoms with Crippen LogP contribution in [0.3, 0.4) is 0 Å². The Bertz CT molecular complexity index is 298. The Morgan fingerprint density at radius 3 is 2.33 bits per heavy atom. The van der Waals surface area contributed by atoms with Gasteiger partial charge < -0.3 is 5.32 Å². The smallest absolute Gasteiger partial charge is 0.153 e. The summed E-state index contributed by atoms with van der Waals surface area (Å²) in [4.78, 5) is 0. The molecule has 0 heterocycles. The summed E-state index contributed by atoms with van der Waals surface area (Å²) in [6.07, 6.45) is 1.81. The second-order valence-corrected chi connectivity index (χ2v) is 7.36. The molecule has 3 nitrogen and oxygen atoms in total. The predicted molar refractivity (Wildman–Crippen MR) is 63.7 cm³/mol. The Morgan fingerprint density at radius 2 is 1.93 bits per heavy atom. The third kappa shape index (κ3) is 2.94. The van der Waals surface area contributed by atoms with Crippen LogP contribution in [0.2, 0.25) is 0 Å². The van der Waals surface area contributed by atoms with Gasteiger partial charge in [-0.25, -0.2) is 8.42 Å². The van der Waals surface area contributed by atoms with E-state index in [1.54, 1.807) is 0 Å². The first-order valence-electron chi connectivity index (χ1n) is 5.77. The van der Waals surface area contributed by atoms with Crippen LogP contribution in [0.15, 0.2) is 0 Å². The average Bonchev–Trinajstić information content (AvgIpc) is 2.44. The Balaban J connectivity index is 2.73. The molecule has 0 saturated heterocycles. The van der Waals surface area contributed by atoms with E-state index < -0.39 is 9.84 Å². The molecular formula is C11H23NO2S. The van der Waals surface area contributed by atoms with Gasteiger partial charge in [0.05, 0.1) is 11.0 Å². The zero-order chi connectivity index (χ0) is 11.6. The van der Waals surface area contributed by atoms with E-state index in [0.29, 0.717) is 11.8 Å². The maximum absolute atomic E-state index is 12.1. The fraction of sp³-hybridized carbons (Fsp3) is 1.00. The topological polar surface area (TPSA) is 46.2 Å². The first kappa shape index (κ1) is 13.0. The van der Waals surface area contributed by atoms with Crippen molar-refractivity contribution in [3.8, 4) is 0 Å². The first-order chi connectivity index (χ1) is 6.88.